The Balaban J connectivity index is 2.08. The van der Waals surface area contributed by atoms with Gasteiger partial charge in [0, 0.05) is 25.0 Å². The first-order valence-electron chi connectivity index (χ1n) is 6.90. The first-order chi connectivity index (χ1) is 9.22. The number of nitrogens with one attached hydrogen (secondary N) is 1. The minimum atomic E-state index is 0.323. The first kappa shape index (κ1) is 13.7. The topological polar surface area (TPSA) is 37.2 Å². The van der Waals surface area contributed by atoms with Crippen molar-refractivity contribution >= 4 is 0 Å². The number of aromatic hydroxyl groups is 1. The molecule has 102 valence electrons. The Morgan fingerprint density at radius 3 is 2.79 bits per heavy atom. The van der Waals surface area contributed by atoms with Gasteiger partial charge in [0.25, 0.3) is 0 Å². The van der Waals surface area contributed by atoms with Crippen LogP contribution in [-0.4, -0.2) is 16.2 Å². The molecule has 1 aromatic carbocycles. The lowest BCUT2D eigenvalue weighted by atomic mass is 10.1. The number of benzene rings is 1. The summed E-state index contributed by atoms with van der Waals surface area (Å²) in [4.78, 5) is 0. The van der Waals surface area contributed by atoms with Crippen molar-refractivity contribution in [1.82, 2.24) is 9.88 Å². The summed E-state index contributed by atoms with van der Waals surface area (Å²) in [6, 6.07) is 10.0. The highest BCUT2D eigenvalue weighted by Crippen LogP contribution is 2.18. The summed E-state index contributed by atoms with van der Waals surface area (Å²) in [5.41, 5.74) is 2.43. The summed E-state index contributed by atoms with van der Waals surface area (Å²) in [5.74, 6) is 0.323. The lowest BCUT2D eigenvalue weighted by molar-refractivity contribution is 0.474. The Bertz CT molecular complexity index is 519. The van der Waals surface area contributed by atoms with Gasteiger partial charge in [0.1, 0.15) is 5.75 Å². The molecule has 0 aliphatic carbocycles. The summed E-state index contributed by atoms with van der Waals surface area (Å²) < 4.78 is 2.16. The second-order valence-corrected chi connectivity index (χ2v) is 4.81. The van der Waals surface area contributed by atoms with Crippen LogP contribution in [0.1, 0.15) is 37.4 Å². The number of phenols is 1. The number of hydrogen-bond donors (Lipinski definition) is 2. The molecule has 1 unspecified atom stereocenters. The smallest absolute Gasteiger partial charge is 0.115 e. The van der Waals surface area contributed by atoms with Crippen LogP contribution >= 0.6 is 0 Å². The lowest BCUT2D eigenvalue weighted by Gasteiger charge is -2.14. The maximum absolute atomic E-state index is 9.47. The molecule has 0 saturated carbocycles. The molecular formula is C16H22N2O. The highest BCUT2D eigenvalue weighted by atomic mass is 16.3. The van der Waals surface area contributed by atoms with E-state index in [0.717, 1.165) is 25.1 Å². The third-order valence-corrected chi connectivity index (χ3v) is 3.31. The van der Waals surface area contributed by atoms with Gasteiger partial charge in [0.15, 0.2) is 0 Å². The van der Waals surface area contributed by atoms with E-state index in [2.05, 4.69) is 42.2 Å². The van der Waals surface area contributed by atoms with Crippen LogP contribution in [-0.2, 0) is 6.54 Å². The molecule has 0 spiro atoms. The first-order valence-corrected chi connectivity index (χ1v) is 6.90. The van der Waals surface area contributed by atoms with Gasteiger partial charge in [-0.15, -0.1) is 0 Å². The van der Waals surface area contributed by atoms with E-state index in [-0.39, 0.29) is 0 Å². The molecule has 2 aromatic rings. The Hall–Kier alpha value is -1.74. The zero-order valence-corrected chi connectivity index (χ0v) is 11.6. The van der Waals surface area contributed by atoms with Gasteiger partial charge < -0.3 is 15.0 Å². The predicted octanol–water partition coefficient (Wildman–Crippen LogP) is 3.30. The molecule has 1 atom stereocenters. The minimum absolute atomic E-state index is 0.323. The third-order valence-electron chi connectivity index (χ3n) is 3.31. The highest BCUT2D eigenvalue weighted by molar-refractivity contribution is 5.28. The molecule has 0 bridgehead atoms. The van der Waals surface area contributed by atoms with Crippen molar-refractivity contribution < 1.29 is 5.11 Å². The van der Waals surface area contributed by atoms with E-state index in [0.29, 0.717) is 11.8 Å². The van der Waals surface area contributed by atoms with Gasteiger partial charge in [0.2, 0.25) is 0 Å². The monoisotopic (exact) mass is 258 g/mol. The van der Waals surface area contributed by atoms with Crippen LogP contribution in [0.2, 0.25) is 0 Å². The fourth-order valence-corrected chi connectivity index (χ4v) is 2.37. The van der Waals surface area contributed by atoms with E-state index in [1.807, 2.05) is 12.1 Å². The fraction of sp³-hybridized carbons (Fsp3) is 0.375. The number of hydrogen-bond acceptors (Lipinski definition) is 2. The predicted molar refractivity (Wildman–Crippen MR) is 78.3 cm³/mol. The Kier molecular flexibility index (Phi) is 4.63. The molecule has 1 aromatic heterocycles. The van der Waals surface area contributed by atoms with Gasteiger partial charge in [-0.05, 0) is 42.3 Å². The number of phenolic OH excluding ortho intramolecular Hbond substituents is 1. The molecule has 19 heavy (non-hydrogen) atoms. The molecular weight excluding hydrogens is 236 g/mol. The van der Waals surface area contributed by atoms with Gasteiger partial charge in [-0.2, -0.15) is 0 Å². The summed E-state index contributed by atoms with van der Waals surface area (Å²) in [6.07, 6.45) is 5.37. The summed E-state index contributed by atoms with van der Waals surface area (Å²) in [6.45, 7) is 6.10. The molecule has 3 nitrogen and oxygen atoms in total. The third kappa shape index (κ3) is 3.61. The van der Waals surface area contributed by atoms with Crippen LogP contribution in [0.25, 0.3) is 0 Å². The van der Waals surface area contributed by atoms with Gasteiger partial charge in [-0.25, -0.2) is 0 Å². The second-order valence-electron chi connectivity index (χ2n) is 4.81. The number of aromatic nitrogens is 1. The summed E-state index contributed by atoms with van der Waals surface area (Å²) in [7, 11) is 0. The van der Waals surface area contributed by atoms with E-state index in [4.69, 9.17) is 0 Å². The Labute approximate surface area is 114 Å². The molecule has 3 heteroatoms. The van der Waals surface area contributed by atoms with Crippen LogP contribution < -0.4 is 5.32 Å². The van der Waals surface area contributed by atoms with Gasteiger partial charge in [-0.3, -0.25) is 0 Å². The molecule has 0 aliphatic rings. The minimum Gasteiger partial charge on any atom is -0.508 e. The van der Waals surface area contributed by atoms with Crippen LogP contribution in [0, 0.1) is 0 Å². The van der Waals surface area contributed by atoms with Crippen molar-refractivity contribution in [3.05, 3.63) is 53.9 Å². The van der Waals surface area contributed by atoms with Gasteiger partial charge in [-0.1, -0.05) is 26.0 Å². The zero-order chi connectivity index (χ0) is 13.7. The van der Waals surface area contributed by atoms with E-state index in [9.17, 15) is 5.11 Å². The van der Waals surface area contributed by atoms with Crippen LogP contribution in [0.5, 0.6) is 5.75 Å². The van der Waals surface area contributed by atoms with Crippen molar-refractivity contribution in [2.75, 3.05) is 6.54 Å². The molecule has 2 N–H and O–H groups in total. The fourth-order valence-electron chi connectivity index (χ4n) is 2.37. The van der Waals surface area contributed by atoms with E-state index in [1.165, 1.54) is 5.56 Å². The Morgan fingerprint density at radius 1 is 1.26 bits per heavy atom. The van der Waals surface area contributed by atoms with Gasteiger partial charge in [0.05, 0.1) is 0 Å². The number of rotatable bonds is 6. The van der Waals surface area contributed by atoms with Crippen LogP contribution in [0.15, 0.2) is 42.7 Å². The zero-order valence-electron chi connectivity index (χ0n) is 11.6. The quantitative estimate of drug-likeness (QED) is 0.834. The Morgan fingerprint density at radius 2 is 2.11 bits per heavy atom. The second kappa shape index (κ2) is 6.43. The average molecular weight is 258 g/mol. The van der Waals surface area contributed by atoms with Crippen molar-refractivity contribution in [3.63, 3.8) is 0 Å². The largest absolute Gasteiger partial charge is 0.508 e. The molecule has 0 saturated heterocycles. The van der Waals surface area contributed by atoms with Crippen molar-refractivity contribution in [3.8, 4) is 5.75 Å². The van der Waals surface area contributed by atoms with Crippen LogP contribution in [0.4, 0.5) is 0 Å². The van der Waals surface area contributed by atoms with E-state index < -0.39 is 0 Å². The maximum atomic E-state index is 9.47. The van der Waals surface area contributed by atoms with E-state index >= 15 is 0 Å². The van der Waals surface area contributed by atoms with Crippen molar-refractivity contribution in [2.24, 2.45) is 0 Å². The summed E-state index contributed by atoms with van der Waals surface area (Å²) in [5, 5.41) is 13.0. The SMILES string of the molecule is CCNC(CC)c1ccn(Cc2cccc(O)c2)c1. The van der Waals surface area contributed by atoms with Crippen molar-refractivity contribution in [1.29, 1.82) is 0 Å². The van der Waals surface area contributed by atoms with Crippen LogP contribution in [0.3, 0.4) is 0 Å². The lowest BCUT2D eigenvalue weighted by Crippen LogP contribution is -2.19. The standard InChI is InChI=1S/C16H22N2O/c1-3-16(17-4-2)14-8-9-18(12-14)11-13-6-5-7-15(19)10-13/h5-10,12,16-17,19H,3-4,11H2,1-2H3. The van der Waals surface area contributed by atoms with Crippen molar-refractivity contribution in [2.45, 2.75) is 32.9 Å². The molecule has 0 amide bonds. The normalized spacial score (nSPS) is 12.5. The molecule has 0 aliphatic heterocycles. The average Bonchev–Trinajstić information content (AvgIpc) is 2.84. The molecule has 2 rings (SSSR count). The van der Waals surface area contributed by atoms with E-state index in [1.54, 1.807) is 12.1 Å². The number of nitrogens with zero attached hydrogens (tertiary/aromatic N) is 1. The summed E-state index contributed by atoms with van der Waals surface area (Å²) >= 11 is 0. The molecule has 0 radical (unpaired) electrons. The molecule has 0 fully saturated rings. The van der Waals surface area contributed by atoms with Gasteiger partial charge >= 0.3 is 0 Å². The maximum Gasteiger partial charge on any atom is 0.115 e. The molecule has 1 heterocycles. The highest BCUT2D eigenvalue weighted by Gasteiger charge is 2.09.